The first-order chi connectivity index (χ1) is 11.5. The van der Waals surface area contributed by atoms with Crippen LogP contribution in [0.15, 0.2) is 65.7 Å². The van der Waals surface area contributed by atoms with Gasteiger partial charge in [0.1, 0.15) is 0 Å². The molecule has 0 aliphatic carbocycles. The van der Waals surface area contributed by atoms with E-state index < -0.39 is 20.1 Å². The zero-order chi connectivity index (χ0) is 17.2. The SMILES string of the molecule is O=[N+]([O-])c1cc(S(=O)(=O)OCc2ccccc2)nc2ccccc12. The summed E-state index contributed by atoms with van der Waals surface area (Å²) in [7, 11) is -4.22. The molecule has 0 unspecified atom stereocenters. The molecular formula is C16H12N2O5S. The van der Waals surface area contributed by atoms with Crippen molar-refractivity contribution in [3.05, 3.63) is 76.3 Å². The van der Waals surface area contributed by atoms with E-state index in [0.717, 1.165) is 6.07 Å². The van der Waals surface area contributed by atoms with E-state index in [-0.39, 0.29) is 23.2 Å². The molecule has 24 heavy (non-hydrogen) atoms. The number of hydrogen-bond donors (Lipinski definition) is 0. The van der Waals surface area contributed by atoms with Crippen LogP contribution in [0.2, 0.25) is 0 Å². The zero-order valence-electron chi connectivity index (χ0n) is 12.3. The molecule has 2 aromatic carbocycles. The molecule has 0 spiro atoms. The maximum absolute atomic E-state index is 12.3. The van der Waals surface area contributed by atoms with Crippen molar-refractivity contribution in [2.45, 2.75) is 11.6 Å². The van der Waals surface area contributed by atoms with Crippen molar-refractivity contribution in [1.82, 2.24) is 4.98 Å². The summed E-state index contributed by atoms with van der Waals surface area (Å²) in [6, 6.07) is 15.9. The van der Waals surface area contributed by atoms with Gasteiger partial charge in [-0.15, -0.1) is 0 Å². The van der Waals surface area contributed by atoms with Gasteiger partial charge in [0.15, 0.2) is 5.03 Å². The molecule has 0 fully saturated rings. The number of nitro groups is 1. The predicted octanol–water partition coefficient (Wildman–Crippen LogP) is 3.05. The Hall–Kier alpha value is -2.84. The van der Waals surface area contributed by atoms with Crippen molar-refractivity contribution in [2.75, 3.05) is 0 Å². The van der Waals surface area contributed by atoms with Gasteiger partial charge >= 0.3 is 10.1 Å². The second-order valence-electron chi connectivity index (χ2n) is 4.96. The van der Waals surface area contributed by atoms with E-state index in [9.17, 15) is 18.5 Å². The summed E-state index contributed by atoms with van der Waals surface area (Å²) >= 11 is 0. The van der Waals surface area contributed by atoms with E-state index in [2.05, 4.69) is 4.98 Å². The van der Waals surface area contributed by atoms with Gasteiger partial charge in [-0.1, -0.05) is 42.5 Å². The first-order valence-electron chi connectivity index (χ1n) is 6.95. The minimum absolute atomic E-state index is 0.175. The molecule has 0 saturated carbocycles. The van der Waals surface area contributed by atoms with Gasteiger partial charge in [0, 0.05) is 0 Å². The largest absolute Gasteiger partial charge is 0.315 e. The number of hydrogen-bond acceptors (Lipinski definition) is 6. The third-order valence-electron chi connectivity index (χ3n) is 3.35. The lowest BCUT2D eigenvalue weighted by Gasteiger charge is -2.07. The van der Waals surface area contributed by atoms with Crippen molar-refractivity contribution in [2.24, 2.45) is 0 Å². The Labute approximate surface area is 137 Å². The average molecular weight is 344 g/mol. The van der Waals surface area contributed by atoms with Crippen molar-refractivity contribution < 1.29 is 17.5 Å². The molecule has 0 atom stereocenters. The molecule has 0 amide bonds. The Balaban J connectivity index is 2.00. The maximum atomic E-state index is 12.3. The molecule has 0 bridgehead atoms. The van der Waals surface area contributed by atoms with Crippen LogP contribution < -0.4 is 0 Å². The highest BCUT2D eigenvalue weighted by atomic mass is 32.2. The van der Waals surface area contributed by atoms with Crippen LogP contribution in [0, 0.1) is 10.1 Å². The van der Waals surface area contributed by atoms with Gasteiger partial charge in [-0.2, -0.15) is 8.42 Å². The van der Waals surface area contributed by atoms with Crippen LogP contribution in [0.1, 0.15) is 5.56 Å². The standard InChI is InChI=1S/C16H12N2O5S/c19-18(20)15-10-16(17-14-9-5-4-8-13(14)15)24(21,22)23-11-12-6-2-1-3-7-12/h1-10H,11H2. The summed E-state index contributed by atoms with van der Waals surface area (Å²) < 4.78 is 29.6. The van der Waals surface area contributed by atoms with Gasteiger partial charge < -0.3 is 0 Å². The number of rotatable bonds is 5. The molecule has 8 heteroatoms. The fourth-order valence-corrected chi connectivity index (χ4v) is 3.07. The lowest BCUT2D eigenvalue weighted by atomic mass is 10.2. The predicted molar refractivity (Wildman–Crippen MR) is 86.8 cm³/mol. The molecule has 7 nitrogen and oxygen atoms in total. The van der Waals surface area contributed by atoms with Gasteiger partial charge in [-0.05, 0) is 17.7 Å². The fourth-order valence-electron chi connectivity index (χ4n) is 2.19. The molecule has 0 N–H and O–H groups in total. The highest BCUT2D eigenvalue weighted by Crippen LogP contribution is 2.27. The minimum Gasteiger partial charge on any atom is -0.260 e. The van der Waals surface area contributed by atoms with E-state index in [1.807, 2.05) is 0 Å². The molecule has 3 rings (SSSR count). The van der Waals surface area contributed by atoms with Gasteiger partial charge in [0.2, 0.25) is 0 Å². The highest BCUT2D eigenvalue weighted by Gasteiger charge is 2.23. The number of para-hydroxylation sites is 1. The molecule has 1 aromatic heterocycles. The fraction of sp³-hybridized carbons (Fsp3) is 0.0625. The van der Waals surface area contributed by atoms with Crippen LogP contribution in [-0.4, -0.2) is 18.3 Å². The summed E-state index contributed by atoms with van der Waals surface area (Å²) in [5.74, 6) is 0. The monoisotopic (exact) mass is 344 g/mol. The zero-order valence-corrected chi connectivity index (χ0v) is 13.1. The number of aromatic nitrogens is 1. The van der Waals surface area contributed by atoms with Gasteiger partial charge in [-0.3, -0.25) is 14.3 Å². The first kappa shape index (κ1) is 16.0. The van der Waals surface area contributed by atoms with Gasteiger partial charge in [-0.25, -0.2) is 4.98 Å². The Morgan fingerprint density at radius 2 is 1.71 bits per heavy atom. The Kier molecular flexibility index (Phi) is 4.24. The lowest BCUT2D eigenvalue weighted by Crippen LogP contribution is -2.09. The van der Waals surface area contributed by atoms with Crippen LogP contribution in [0.5, 0.6) is 0 Å². The van der Waals surface area contributed by atoms with Gasteiger partial charge in [0.05, 0.1) is 28.5 Å². The van der Waals surface area contributed by atoms with E-state index in [1.54, 1.807) is 42.5 Å². The van der Waals surface area contributed by atoms with Crippen molar-refractivity contribution in [3.63, 3.8) is 0 Å². The summed E-state index contributed by atoms with van der Waals surface area (Å²) in [6.45, 7) is -0.175. The Morgan fingerprint density at radius 1 is 1.04 bits per heavy atom. The second kappa shape index (κ2) is 6.34. The summed E-state index contributed by atoms with van der Waals surface area (Å²) in [6.07, 6.45) is 0. The molecule has 0 aliphatic rings. The van der Waals surface area contributed by atoms with Gasteiger partial charge in [0.25, 0.3) is 5.69 Å². The Bertz CT molecular complexity index is 1000. The molecule has 3 aromatic rings. The van der Waals surface area contributed by atoms with Crippen molar-refractivity contribution in [1.29, 1.82) is 0 Å². The molecule has 0 radical (unpaired) electrons. The third kappa shape index (κ3) is 3.24. The van der Waals surface area contributed by atoms with Crippen molar-refractivity contribution >= 4 is 26.7 Å². The van der Waals surface area contributed by atoms with Crippen molar-refractivity contribution in [3.8, 4) is 0 Å². The molecule has 0 saturated heterocycles. The molecule has 0 aliphatic heterocycles. The summed E-state index contributed by atoms with van der Waals surface area (Å²) in [4.78, 5) is 14.6. The summed E-state index contributed by atoms with van der Waals surface area (Å²) in [5, 5.41) is 11.0. The number of nitrogens with zero attached hydrogens (tertiary/aromatic N) is 2. The normalized spacial score (nSPS) is 11.5. The molecular weight excluding hydrogens is 332 g/mol. The average Bonchev–Trinajstić information content (AvgIpc) is 2.60. The quantitative estimate of drug-likeness (QED) is 0.401. The summed E-state index contributed by atoms with van der Waals surface area (Å²) in [5.41, 5.74) is 0.549. The molecule has 122 valence electrons. The highest BCUT2D eigenvalue weighted by molar-refractivity contribution is 7.86. The van der Waals surface area contributed by atoms with E-state index in [4.69, 9.17) is 4.18 Å². The topological polar surface area (TPSA) is 99.4 Å². The number of pyridine rings is 1. The Morgan fingerprint density at radius 3 is 2.42 bits per heavy atom. The second-order valence-corrected chi connectivity index (χ2v) is 6.52. The van der Waals surface area contributed by atoms with Crippen LogP contribution in [0.25, 0.3) is 10.9 Å². The van der Waals surface area contributed by atoms with Crippen LogP contribution in [0.3, 0.4) is 0 Å². The van der Waals surface area contributed by atoms with Crippen LogP contribution in [-0.2, 0) is 20.9 Å². The first-order valence-corrected chi connectivity index (χ1v) is 8.36. The maximum Gasteiger partial charge on any atom is 0.315 e. The molecule has 1 heterocycles. The van der Waals surface area contributed by atoms with Crippen LogP contribution in [0.4, 0.5) is 5.69 Å². The third-order valence-corrected chi connectivity index (χ3v) is 4.50. The number of benzene rings is 2. The van der Waals surface area contributed by atoms with Crippen LogP contribution >= 0.6 is 0 Å². The smallest absolute Gasteiger partial charge is 0.260 e. The lowest BCUT2D eigenvalue weighted by molar-refractivity contribution is -0.383. The van der Waals surface area contributed by atoms with E-state index >= 15 is 0 Å². The van der Waals surface area contributed by atoms with E-state index in [1.165, 1.54) is 12.1 Å². The number of fused-ring (bicyclic) bond motifs is 1. The van der Waals surface area contributed by atoms with E-state index in [0.29, 0.717) is 5.56 Å². The minimum atomic E-state index is -4.22.